The number of hydrogen-bond acceptors (Lipinski definition) is 4. The molecule has 0 bridgehead atoms. The molecule has 0 atom stereocenters. The van der Waals surface area contributed by atoms with Crippen LogP contribution in [-0.4, -0.2) is 4.98 Å². The summed E-state index contributed by atoms with van der Waals surface area (Å²) in [4.78, 5) is 4.41. The second-order valence-electron chi connectivity index (χ2n) is 4.91. The van der Waals surface area contributed by atoms with Gasteiger partial charge in [-0.3, -0.25) is 0 Å². The van der Waals surface area contributed by atoms with Crippen LogP contribution in [0.1, 0.15) is 16.8 Å². The summed E-state index contributed by atoms with van der Waals surface area (Å²) in [6, 6.07) is 17.2. The van der Waals surface area contributed by atoms with E-state index in [2.05, 4.69) is 11.1 Å². The number of rotatable bonds is 4. The number of aromatic nitrogens is 1. The number of aryl methyl sites for hydroxylation is 1. The fourth-order valence-electron chi connectivity index (χ4n) is 2.04. The lowest BCUT2D eigenvalue weighted by molar-refractivity contribution is 0.300. The number of hydrogen-bond donors (Lipinski definition) is 0. The Balaban J connectivity index is 1.72. The lowest BCUT2D eigenvalue weighted by atomic mass is 10.1. The fraction of sp³-hybridized carbons (Fsp3) is 0.111. The number of nitrogens with zero attached hydrogens (tertiary/aromatic N) is 2. The molecule has 0 fully saturated rings. The molecule has 0 aliphatic rings. The van der Waals surface area contributed by atoms with Crippen molar-refractivity contribution in [2.75, 3.05) is 0 Å². The molecule has 1 aromatic heterocycles. The van der Waals surface area contributed by atoms with E-state index in [4.69, 9.17) is 14.4 Å². The molecule has 1 heterocycles. The average Bonchev–Trinajstić information content (AvgIpc) is 3.03. The van der Waals surface area contributed by atoms with E-state index in [0.717, 1.165) is 5.56 Å². The van der Waals surface area contributed by atoms with Gasteiger partial charge >= 0.3 is 0 Å². The highest BCUT2D eigenvalue weighted by Crippen LogP contribution is 2.21. The Morgan fingerprint density at radius 2 is 1.91 bits per heavy atom. The van der Waals surface area contributed by atoms with Crippen LogP contribution in [0.25, 0.3) is 11.5 Å². The Labute approximate surface area is 128 Å². The average molecular weight is 290 g/mol. The normalized spacial score (nSPS) is 10.2. The van der Waals surface area contributed by atoms with Crippen molar-refractivity contribution in [2.45, 2.75) is 13.5 Å². The van der Waals surface area contributed by atoms with Crippen molar-refractivity contribution in [3.05, 3.63) is 71.6 Å². The smallest absolute Gasteiger partial charge is 0.226 e. The van der Waals surface area contributed by atoms with Gasteiger partial charge in [-0.05, 0) is 31.2 Å². The summed E-state index contributed by atoms with van der Waals surface area (Å²) in [6.07, 6.45) is 1.57. The molecule has 0 amide bonds. The summed E-state index contributed by atoms with van der Waals surface area (Å²) in [7, 11) is 0. The highest BCUT2D eigenvalue weighted by Gasteiger charge is 2.08. The van der Waals surface area contributed by atoms with Crippen LogP contribution < -0.4 is 4.74 Å². The zero-order valence-corrected chi connectivity index (χ0v) is 12.1. The molecule has 0 saturated heterocycles. The number of nitriles is 1. The van der Waals surface area contributed by atoms with Gasteiger partial charge in [0.25, 0.3) is 0 Å². The highest BCUT2D eigenvalue weighted by atomic mass is 16.5. The van der Waals surface area contributed by atoms with Crippen molar-refractivity contribution in [1.82, 2.24) is 4.98 Å². The summed E-state index contributed by atoms with van der Waals surface area (Å²) >= 11 is 0. The largest absolute Gasteiger partial charge is 0.486 e. The van der Waals surface area contributed by atoms with Gasteiger partial charge in [0, 0.05) is 5.56 Å². The van der Waals surface area contributed by atoms with E-state index >= 15 is 0 Å². The van der Waals surface area contributed by atoms with E-state index in [1.165, 1.54) is 5.56 Å². The van der Waals surface area contributed by atoms with E-state index in [0.29, 0.717) is 22.9 Å². The zero-order valence-electron chi connectivity index (χ0n) is 12.1. The molecule has 3 aromatic rings. The topological polar surface area (TPSA) is 59.0 Å². The summed E-state index contributed by atoms with van der Waals surface area (Å²) in [5, 5.41) is 9.03. The highest BCUT2D eigenvalue weighted by molar-refractivity contribution is 5.53. The molecule has 0 aliphatic heterocycles. The van der Waals surface area contributed by atoms with Crippen LogP contribution in [0, 0.1) is 18.3 Å². The first kappa shape index (κ1) is 13.9. The van der Waals surface area contributed by atoms with Crippen LogP contribution in [0.3, 0.4) is 0 Å². The first-order valence-corrected chi connectivity index (χ1v) is 6.89. The summed E-state index contributed by atoms with van der Waals surface area (Å²) < 4.78 is 11.1. The van der Waals surface area contributed by atoms with E-state index in [-0.39, 0.29) is 6.61 Å². The number of oxazole rings is 1. The molecule has 0 unspecified atom stereocenters. The minimum Gasteiger partial charge on any atom is -0.486 e. The van der Waals surface area contributed by atoms with E-state index in [9.17, 15) is 0 Å². The van der Waals surface area contributed by atoms with Crippen molar-refractivity contribution >= 4 is 0 Å². The third kappa shape index (κ3) is 2.99. The van der Waals surface area contributed by atoms with Crippen molar-refractivity contribution < 1.29 is 9.15 Å². The lowest BCUT2D eigenvalue weighted by Crippen LogP contribution is -1.97. The van der Waals surface area contributed by atoms with Gasteiger partial charge in [-0.2, -0.15) is 5.26 Å². The van der Waals surface area contributed by atoms with Gasteiger partial charge in [-0.1, -0.05) is 29.8 Å². The molecular weight excluding hydrogens is 276 g/mol. The number of benzene rings is 2. The molecule has 3 rings (SSSR count). The molecule has 0 radical (unpaired) electrons. The van der Waals surface area contributed by atoms with E-state index in [1.54, 1.807) is 24.5 Å². The Hall–Kier alpha value is -3.06. The van der Waals surface area contributed by atoms with Crippen LogP contribution in [0.5, 0.6) is 5.75 Å². The number of para-hydroxylation sites is 1. The van der Waals surface area contributed by atoms with Gasteiger partial charge in [0.15, 0.2) is 0 Å². The Morgan fingerprint density at radius 3 is 2.68 bits per heavy atom. The summed E-state index contributed by atoms with van der Waals surface area (Å²) in [6.45, 7) is 2.29. The van der Waals surface area contributed by atoms with Crippen molar-refractivity contribution in [3.63, 3.8) is 0 Å². The van der Waals surface area contributed by atoms with Crippen LogP contribution in [0.4, 0.5) is 0 Å². The van der Waals surface area contributed by atoms with E-state index < -0.39 is 0 Å². The third-order valence-corrected chi connectivity index (χ3v) is 3.23. The molecular formula is C18H14N2O2. The molecule has 0 N–H and O–H groups in total. The predicted octanol–water partition coefficient (Wildman–Crippen LogP) is 4.10. The van der Waals surface area contributed by atoms with Gasteiger partial charge in [0.05, 0.1) is 5.56 Å². The van der Waals surface area contributed by atoms with Crippen molar-refractivity contribution in [3.8, 4) is 23.3 Å². The second kappa shape index (κ2) is 6.15. The minimum absolute atomic E-state index is 0.258. The van der Waals surface area contributed by atoms with Crippen LogP contribution in [0.2, 0.25) is 0 Å². The maximum absolute atomic E-state index is 9.03. The molecule has 4 nitrogen and oxygen atoms in total. The quantitative estimate of drug-likeness (QED) is 0.725. The monoisotopic (exact) mass is 290 g/mol. The molecule has 4 heteroatoms. The van der Waals surface area contributed by atoms with Gasteiger partial charge in [-0.25, -0.2) is 4.98 Å². The van der Waals surface area contributed by atoms with Crippen LogP contribution in [0.15, 0.2) is 59.2 Å². The fourth-order valence-corrected chi connectivity index (χ4v) is 2.04. The lowest BCUT2D eigenvalue weighted by Gasteiger charge is -2.04. The van der Waals surface area contributed by atoms with Gasteiger partial charge in [0.1, 0.15) is 30.4 Å². The molecule has 0 spiro atoms. The maximum Gasteiger partial charge on any atom is 0.226 e. The standard InChI is InChI=1S/C18H14N2O2/c1-13-6-8-14(9-7-13)18-20-16(12-22-18)11-21-17-5-3-2-4-15(17)10-19/h2-9,12H,11H2,1H3. The Morgan fingerprint density at radius 1 is 1.14 bits per heavy atom. The second-order valence-corrected chi connectivity index (χ2v) is 4.91. The molecule has 2 aromatic carbocycles. The van der Waals surface area contributed by atoms with Crippen molar-refractivity contribution in [1.29, 1.82) is 5.26 Å². The molecule has 0 saturated carbocycles. The molecule has 22 heavy (non-hydrogen) atoms. The number of ether oxygens (including phenoxy) is 1. The van der Waals surface area contributed by atoms with Gasteiger partial charge < -0.3 is 9.15 Å². The predicted molar refractivity (Wildman–Crippen MR) is 82.2 cm³/mol. The van der Waals surface area contributed by atoms with E-state index in [1.807, 2.05) is 37.3 Å². The first-order chi connectivity index (χ1) is 10.8. The Kier molecular flexibility index (Phi) is 3.88. The molecule has 108 valence electrons. The first-order valence-electron chi connectivity index (χ1n) is 6.89. The molecule has 0 aliphatic carbocycles. The summed E-state index contributed by atoms with van der Waals surface area (Å²) in [5.74, 6) is 1.11. The van der Waals surface area contributed by atoms with Gasteiger partial charge in [-0.15, -0.1) is 0 Å². The SMILES string of the molecule is Cc1ccc(-c2nc(COc3ccccc3C#N)co2)cc1. The van der Waals surface area contributed by atoms with Gasteiger partial charge in [0.2, 0.25) is 5.89 Å². The zero-order chi connectivity index (χ0) is 15.4. The maximum atomic E-state index is 9.03. The Bertz CT molecular complexity index is 814. The minimum atomic E-state index is 0.258. The third-order valence-electron chi connectivity index (χ3n) is 3.23. The van der Waals surface area contributed by atoms with Crippen LogP contribution >= 0.6 is 0 Å². The van der Waals surface area contributed by atoms with Crippen LogP contribution in [-0.2, 0) is 6.61 Å². The van der Waals surface area contributed by atoms with Crippen molar-refractivity contribution in [2.24, 2.45) is 0 Å². The summed E-state index contributed by atoms with van der Waals surface area (Å²) in [5.41, 5.74) is 3.30.